The molecule has 0 saturated heterocycles. The number of aromatic nitrogens is 4. The maximum absolute atomic E-state index is 12.3. The molecule has 0 radical (unpaired) electrons. The Kier molecular flexibility index (Phi) is 3.64. The number of nitrogens with zero attached hydrogens (tertiary/aromatic N) is 4. The van der Waals surface area contributed by atoms with E-state index in [0.29, 0.717) is 30.4 Å². The molecule has 21 heavy (non-hydrogen) atoms. The largest absolute Gasteiger partial charge is 0.477 e. The van der Waals surface area contributed by atoms with Crippen molar-refractivity contribution >= 4 is 5.97 Å². The van der Waals surface area contributed by atoms with Gasteiger partial charge in [-0.1, -0.05) is 0 Å². The predicted octanol–water partition coefficient (Wildman–Crippen LogP) is 1.73. The van der Waals surface area contributed by atoms with Gasteiger partial charge in [0.25, 0.3) is 0 Å². The van der Waals surface area contributed by atoms with Crippen molar-refractivity contribution in [3.8, 4) is 17.1 Å². The Morgan fingerprint density at radius 1 is 1.48 bits per heavy atom. The second-order valence-electron chi connectivity index (χ2n) is 4.76. The van der Waals surface area contributed by atoms with Crippen LogP contribution in [-0.4, -0.2) is 38.7 Å². The van der Waals surface area contributed by atoms with Gasteiger partial charge in [-0.25, -0.2) is 9.48 Å². The SMILES string of the molecule is CCOC(=O)c1c(-c2cnn(CC)c2)nn2c1OCCC2. The van der Waals surface area contributed by atoms with E-state index < -0.39 is 5.97 Å². The van der Waals surface area contributed by atoms with Crippen LogP contribution in [0.15, 0.2) is 12.4 Å². The van der Waals surface area contributed by atoms with Crippen LogP contribution in [0.4, 0.5) is 0 Å². The molecule has 3 heterocycles. The van der Waals surface area contributed by atoms with Gasteiger partial charge in [-0.15, -0.1) is 0 Å². The zero-order valence-corrected chi connectivity index (χ0v) is 12.2. The van der Waals surface area contributed by atoms with Gasteiger partial charge in [-0.05, 0) is 13.8 Å². The van der Waals surface area contributed by atoms with Crippen molar-refractivity contribution in [3.63, 3.8) is 0 Å². The molecule has 0 fully saturated rings. The van der Waals surface area contributed by atoms with Gasteiger partial charge in [0, 0.05) is 31.3 Å². The summed E-state index contributed by atoms with van der Waals surface area (Å²) in [5.41, 5.74) is 1.77. The Morgan fingerprint density at radius 2 is 2.33 bits per heavy atom. The molecule has 7 nitrogen and oxygen atoms in total. The Hall–Kier alpha value is -2.31. The van der Waals surface area contributed by atoms with E-state index in [1.807, 2.05) is 13.1 Å². The minimum Gasteiger partial charge on any atom is -0.477 e. The number of hydrogen-bond donors (Lipinski definition) is 0. The summed E-state index contributed by atoms with van der Waals surface area (Å²) in [5, 5.41) is 8.75. The molecule has 112 valence electrons. The summed E-state index contributed by atoms with van der Waals surface area (Å²) in [5.74, 6) is 0.0962. The van der Waals surface area contributed by atoms with Gasteiger partial charge < -0.3 is 9.47 Å². The first-order valence-corrected chi connectivity index (χ1v) is 7.18. The highest BCUT2D eigenvalue weighted by Crippen LogP contribution is 2.33. The van der Waals surface area contributed by atoms with Crippen molar-refractivity contribution in [3.05, 3.63) is 18.0 Å². The lowest BCUT2D eigenvalue weighted by molar-refractivity contribution is 0.0520. The summed E-state index contributed by atoms with van der Waals surface area (Å²) in [6, 6.07) is 0. The normalized spacial score (nSPS) is 13.6. The molecule has 0 aromatic carbocycles. The molecule has 0 amide bonds. The maximum atomic E-state index is 12.3. The lowest BCUT2D eigenvalue weighted by Crippen LogP contribution is -2.16. The van der Waals surface area contributed by atoms with E-state index in [1.165, 1.54) is 0 Å². The Morgan fingerprint density at radius 3 is 3.05 bits per heavy atom. The molecule has 0 atom stereocenters. The third-order valence-electron chi connectivity index (χ3n) is 3.37. The minimum atomic E-state index is -0.403. The number of esters is 1. The highest BCUT2D eigenvalue weighted by atomic mass is 16.5. The van der Waals surface area contributed by atoms with Crippen LogP contribution in [0, 0.1) is 0 Å². The van der Waals surface area contributed by atoms with Gasteiger partial charge in [0.1, 0.15) is 11.3 Å². The van der Waals surface area contributed by atoms with Crippen molar-refractivity contribution < 1.29 is 14.3 Å². The maximum Gasteiger partial charge on any atom is 0.345 e. The summed E-state index contributed by atoms with van der Waals surface area (Å²) >= 11 is 0. The molecule has 2 aromatic rings. The highest BCUT2D eigenvalue weighted by Gasteiger charge is 2.29. The number of aryl methyl sites for hydroxylation is 2. The van der Waals surface area contributed by atoms with Crippen LogP contribution in [0.25, 0.3) is 11.3 Å². The third kappa shape index (κ3) is 2.39. The Balaban J connectivity index is 2.10. The Labute approximate surface area is 122 Å². The predicted molar refractivity (Wildman–Crippen MR) is 75.2 cm³/mol. The van der Waals surface area contributed by atoms with Crippen molar-refractivity contribution in [2.75, 3.05) is 13.2 Å². The molecule has 3 rings (SSSR count). The quantitative estimate of drug-likeness (QED) is 0.802. The molecule has 1 aliphatic heterocycles. The molecule has 2 aromatic heterocycles. The summed E-state index contributed by atoms with van der Waals surface area (Å²) < 4.78 is 14.3. The molecular weight excluding hydrogens is 272 g/mol. The van der Waals surface area contributed by atoms with Crippen LogP contribution in [-0.2, 0) is 17.8 Å². The average molecular weight is 290 g/mol. The number of rotatable bonds is 4. The van der Waals surface area contributed by atoms with Crippen LogP contribution in [0.5, 0.6) is 5.88 Å². The number of hydrogen-bond acceptors (Lipinski definition) is 5. The van der Waals surface area contributed by atoms with E-state index in [2.05, 4.69) is 10.2 Å². The molecule has 0 bridgehead atoms. The second kappa shape index (κ2) is 5.59. The van der Waals surface area contributed by atoms with Gasteiger partial charge >= 0.3 is 5.97 Å². The zero-order valence-electron chi connectivity index (χ0n) is 12.2. The van der Waals surface area contributed by atoms with Crippen LogP contribution >= 0.6 is 0 Å². The average Bonchev–Trinajstić information content (AvgIpc) is 3.11. The smallest absolute Gasteiger partial charge is 0.345 e. The van der Waals surface area contributed by atoms with E-state index in [1.54, 1.807) is 22.5 Å². The molecular formula is C14H18N4O3. The van der Waals surface area contributed by atoms with E-state index in [9.17, 15) is 4.79 Å². The van der Waals surface area contributed by atoms with Gasteiger partial charge in [-0.3, -0.25) is 4.68 Å². The number of ether oxygens (including phenoxy) is 2. The number of carbonyl (C=O) groups is 1. The van der Waals surface area contributed by atoms with Crippen molar-refractivity contribution in [2.24, 2.45) is 0 Å². The first-order chi connectivity index (χ1) is 10.2. The summed E-state index contributed by atoms with van der Waals surface area (Å²) in [7, 11) is 0. The fourth-order valence-corrected chi connectivity index (χ4v) is 2.38. The van der Waals surface area contributed by atoms with E-state index in [-0.39, 0.29) is 0 Å². The van der Waals surface area contributed by atoms with Gasteiger partial charge in [0.15, 0.2) is 0 Å². The lowest BCUT2D eigenvalue weighted by Gasteiger charge is -2.15. The minimum absolute atomic E-state index is 0.317. The van der Waals surface area contributed by atoms with Gasteiger partial charge in [0.2, 0.25) is 5.88 Å². The van der Waals surface area contributed by atoms with Crippen LogP contribution in [0.3, 0.4) is 0 Å². The van der Waals surface area contributed by atoms with Crippen LogP contribution < -0.4 is 4.74 Å². The molecule has 0 saturated carbocycles. The Bertz CT molecular complexity index is 659. The molecule has 1 aliphatic rings. The standard InChI is InChI=1S/C14H18N4O3/c1-3-17-9-10(8-15-17)12-11(14(19)20-4-2)13-18(16-12)6-5-7-21-13/h8-9H,3-7H2,1-2H3. The van der Waals surface area contributed by atoms with Crippen molar-refractivity contribution in [2.45, 2.75) is 33.4 Å². The topological polar surface area (TPSA) is 71.2 Å². The molecule has 0 spiro atoms. The molecule has 7 heteroatoms. The fraction of sp³-hybridized carbons (Fsp3) is 0.500. The van der Waals surface area contributed by atoms with E-state index >= 15 is 0 Å². The summed E-state index contributed by atoms with van der Waals surface area (Å²) in [6.45, 7) is 6.19. The molecule has 0 aliphatic carbocycles. The number of fused-ring (bicyclic) bond motifs is 1. The second-order valence-corrected chi connectivity index (χ2v) is 4.76. The van der Waals surface area contributed by atoms with Gasteiger partial charge in [0.05, 0.1) is 19.4 Å². The van der Waals surface area contributed by atoms with E-state index in [4.69, 9.17) is 9.47 Å². The molecule has 0 unspecified atom stereocenters. The van der Waals surface area contributed by atoms with E-state index in [0.717, 1.165) is 25.1 Å². The lowest BCUT2D eigenvalue weighted by atomic mass is 10.1. The van der Waals surface area contributed by atoms with Crippen LogP contribution in [0.2, 0.25) is 0 Å². The number of carbonyl (C=O) groups excluding carboxylic acids is 1. The third-order valence-corrected chi connectivity index (χ3v) is 3.37. The fourth-order valence-electron chi connectivity index (χ4n) is 2.38. The molecule has 0 N–H and O–H groups in total. The summed E-state index contributed by atoms with van der Waals surface area (Å²) in [6.07, 6.45) is 4.46. The zero-order chi connectivity index (χ0) is 14.8. The summed E-state index contributed by atoms with van der Waals surface area (Å²) in [4.78, 5) is 12.3. The van der Waals surface area contributed by atoms with Crippen molar-refractivity contribution in [1.82, 2.24) is 19.6 Å². The van der Waals surface area contributed by atoms with Crippen molar-refractivity contribution in [1.29, 1.82) is 0 Å². The first kappa shape index (κ1) is 13.7. The van der Waals surface area contributed by atoms with Gasteiger partial charge in [-0.2, -0.15) is 10.2 Å². The monoisotopic (exact) mass is 290 g/mol. The highest BCUT2D eigenvalue weighted by molar-refractivity contribution is 5.98. The van der Waals surface area contributed by atoms with Crippen LogP contribution in [0.1, 0.15) is 30.6 Å². The first-order valence-electron chi connectivity index (χ1n) is 7.18.